The lowest BCUT2D eigenvalue weighted by Crippen LogP contribution is -2.13. The second-order valence-electron chi connectivity index (χ2n) is 5.28. The van der Waals surface area contributed by atoms with Crippen molar-refractivity contribution in [2.24, 2.45) is 0 Å². The molecule has 0 aliphatic carbocycles. The maximum atomic E-state index is 12.6. The van der Waals surface area contributed by atoms with Crippen LogP contribution in [-0.2, 0) is 10.0 Å². The number of methoxy groups -OCH3 is 1. The monoisotopic (exact) mass is 327 g/mol. The molecule has 23 heavy (non-hydrogen) atoms. The average molecular weight is 327 g/mol. The van der Waals surface area contributed by atoms with Gasteiger partial charge in [-0.25, -0.2) is 8.42 Å². The van der Waals surface area contributed by atoms with Gasteiger partial charge in [-0.2, -0.15) is 0 Å². The van der Waals surface area contributed by atoms with Gasteiger partial charge in [-0.1, -0.05) is 42.0 Å². The second kappa shape index (κ2) is 5.93. The molecule has 0 bridgehead atoms. The zero-order valence-corrected chi connectivity index (χ0v) is 13.7. The summed E-state index contributed by atoms with van der Waals surface area (Å²) < 4.78 is 33.1. The summed E-state index contributed by atoms with van der Waals surface area (Å²) in [6.45, 7) is 1.92. The fourth-order valence-corrected chi connectivity index (χ4v) is 3.55. The molecule has 0 radical (unpaired) electrons. The first kappa shape index (κ1) is 15.4. The molecule has 0 unspecified atom stereocenters. The lowest BCUT2D eigenvalue weighted by molar-refractivity contribution is 0.420. The lowest BCUT2D eigenvalue weighted by Gasteiger charge is -2.12. The van der Waals surface area contributed by atoms with Gasteiger partial charge in [0.1, 0.15) is 5.75 Å². The van der Waals surface area contributed by atoms with Crippen LogP contribution < -0.4 is 9.46 Å². The highest BCUT2D eigenvalue weighted by Gasteiger charge is 2.15. The third-order valence-electron chi connectivity index (χ3n) is 3.68. The van der Waals surface area contributed by atoms with E-state index >= 15 is 0 Å². The molecule has 0 saturated carbocycles. The Bertz CT molecular complexity index is 948. The molecular formula is C18H17NO3S. The van der Waals surface area contributed by atoms with Gasteiger partial charge in [0, 0.05) is 10.8 Å². The number of fused-ring (bicyclic) bond motifs is 1. The van der Waals surface area contributed by atoms with Crippen LogP contribution in [0.25, 0.3) is 10.8 Å². The first-order chi connectivity index (χ1) is 11.0. The van der Waals surface area contributed by atoms with E-state index in [2.05, 4.69) is 4.72 Å². The van der Waals surface area contributed by atoms with Gasteiger partial charge in [0.05, 0.1) is 17.7 Å². The minimum absolute atomic E-state index is 0.239. The van der Waals surface area contributed by atoms with E-state index in [4.69, 9.17) is 4.74 Å². The van der Waals surface area contributed by atoms with Crippen LogP contribution >= 0.6 is 0 Å². The van der Waals surface area contributed by atoms with Crippen molar-refractivity contribution in [3.63, 3.8) is 0 Å². The van der Waals surface area contributed by atoms with E-state index in [1.165, 1.54) is 0 Å². The van der Waals surface area contributed by atoms with Gasteiger partial charge in [0.15, 0.2) is 0 Å². The summed E-state index contributed by atoms with van der Waals surface area (Å²) in [4.78, 5) is 0.239. The summed E-state index contributed by atoms with van der Waals surface area (Å²) >= 11 is 0. The standard InChI is InChI=1S/C18H17NO3S/c1-13-9-11-14(12-10-13)23(20,21)19-17-7-3-6-16-15(17)5-4-8-18(16)22-2/h3-12,19H,1-2H3. The van der Waals surface area contributed by atoms with Crippen LogP contribution in [0.1, 0.15) is 5.56 Å². The van der Waals surface area contributed by atoms with Crippen LogP contribution in [0.2, 0.25) is 0 Å². The van der Waals surface area contributed by atoms with Gasteiger partial charge in [-0.05, 0) is 31.2 Å². The Morgan fingerprint density at radius 1 is 0.870 bits per heavy atom. The summed E-state index contributed by atoms with van der Waals surface area (Å²) in [5.74, 6) is 0.707. The Morgan fingerprint density at radius 2 is 1.52 bits per heavy atom. The van der Waals surface area contributed by atoms with E-state index in [-0.39, 0.29) is 4.90 Å². The summed E-state index contributed by atoms with van der Waals surface area (Å²) in [7, 11) is -2.04. The zero-order chi connectivity index (χ0) is 16.4. The van der Waals surface area contributed by atoms with E-state index in [9.17, 15) is 8.42 Å². The Balaban J connectivity index is 2.06. The fraction of sp³-hybridized carbons (Fsp3) is 0.111. The van der Waals surface area contributed by atoms with Crippen LogP contribution in [-0.4, -0.2) is 15.5 Å². The second-order valence-corrected chi connectivity index (χ2v) is 6.96. The Hall–Kier alpha value is -2.53. The van der Waals surface area contributed by atoms with Crippen molar-refractivity contribution in [2.45, 2.75) is 11.8 Å². The lowest BCUT2D eigenvalue weighted by atomic mass is 10.1. The molecular weight excluding hydrogens is 310 g/mol. The van der Waals surface area contributed by atoms with Crippen LogP contribution in [0, 0.1) is 6.92 Å². The average Bonchev–Trinajstić information content (AvgIpc) is 2.55. The van der Waals surface area contributed by atoms with E-state index in [0.29, 0.717) is 11.4 Å². The largest absolute Gasteiger partial charge is 0.496 e. The van der Waals surface area contributed by atoms with Crippen LogP contribution in [0.5, 0.6) is 5.75 Å². The smallest absolute Gasteiger partial charge is 0.261 e. The molecule has 0 saturated heterocycles. The topological polar surface area (TPSA) is 55.4 Å². The minimum atomic E-state index is -3.63. The number of anilines is 1. The maximum Gasteiger partial charge on any atom is 0.261 e. The van der Waals surface area contributed by atoms with E-state index in [0.717, 1.165) is 16.3 Å². The molecule has 0 fully saturated rings. The molecule has 3 aromatic carbocycles. The Morgan fingerprint density at radius 3 is 2.22 bits per heavy atom. The summed E-state index contributed by atoms with van der Waals surface area (Å²) in [5, 5.41) is 1.65. The first-order valence-electron chi connectivity index (χ1n) is 7.16. The predicted octanol–water partition coefficient (Wildman–Crippen LogP) is 3.96. The number of benzene rings is 3. The molecule has 5 heteroatoms. The molecule has 0 heterocycles. The highest BCUT2D eigenvalue weighted by molar-refractivity contribution is 7.92. The van der Waals surface area contributed by atoms with Crippen LogP contribution in [0.3, 0.4) is 0 Å². The highest BCUT2D eigenvalue weighted by Crippen LogP contribution is 2.31. The minimum Gasteiger partial charge on any atom is -0.496 e. The van der Waals surface area contributed by atoms with Crippen molar-refractivity contribution in [2.75, 3.05) is 11.8 Å². The Labute approximate surface area is 135 Å². The number of hydrogen-bond acceptors (Lipinski definition) is 3. The molecule has 0 aliphatic heterocycles. The zero-order valence-electron chi connectivity index (χ0n) is 12.9. The third kappa shape index (κ3) is 3.00. The van der Waals surface area contributed by atoms with E-state index < -0.39 is 10.0 Å². The van der Waals surface area contributed by atoms with Crippen molar-refractivity contribution < 1.29 is 13.2 Å². The number of aryl methyl sites for hydroxylation is 1. The fourth-order valence-electron chi connectivity index (χ4n) is 2.47. The third-order valence-corrected chi connectivity index (χ3v) is 5.06. The normalized spacial score (nSPS) is 11.4. The van der Waals surface area contributed by atoms with Crippen molar-refractivity contribution in [1.29, 1.82) is 0 Å². The van der Waals surface area contributed by atoms with E-state index in [1.807, 2.05) is 31.2 Å². The van der Waals surface area contributed by atoms with Crippen LogP contribution in [0.15, 0.2) is 65.6 Å². The highest BCUT2D eigenvalue weighted by atomic mass is 32.2. The molecule has 0 atom stereocenters. The number of ether oxygens (including phenoxy) is 1. The van der Waals surface area contributed by atoms with Crippen LogP contribution in [0.4, 0.5) is 5.69 Å². The number of sulfonamides is 1. The van der Waals surface area contributed by atoms with Gasteiger partial charge in [0.2, 0.25) is 0 Å². The summed E-state index contributed by atoms with van der Waals surface area (Å²) in [6.07, 6.45) is 0. The summed E-state index contributed by atoms with van der Waals surface area (Å²) in [6, 6.07) is 17.8. The van der Waals surface area contributed by atoms with Gasteiger partial charge in [-0.15, -0.1) is 0 Å². The molecule has 0 amide bonds. The van der Waals surface area contributed by atoms with Gasteiger partial charge >= 0.3 is 0 Å². The molecule has 1 N–H and O–H groups in total. The molecule has 3 rings (SSSR count). The number of hydrogen-bond donors (Lipinski definition) is 1. The molecule has 4 nitrogen and oxygen atoms in total. The predicted molar refractivity (Wildman–Crippen MR) is 92.5 cm³/mol. The van der Waals surface area contributed by atoms with Gasteiger partial charge in [-0.3, -0.25) is 4.72 Å². The number of nitrogens with one attached hydrogen (secondary N) is 1. The Kier molecular flexibility index (Phi) is 3.96. The quantitative estimate of drug-likeness (QED) is 0.789. The van der Waals surface area contributed by atoms with Crippen molar-refractivity contribution >= 4 is 26.5 Å². The van der Waals surface area contributed by atoms with Gasteiger partial charge in [0.25, 0.3) is 10.0 Å². The number of rotatable bonds is 4. The van der Waals surface area contributed by atoms with Crippen molar-refractivity contribution in [1.82, 2.24) is 0 Å². The summed E-state index contributed by atoms with van der Waals surface area (Å²) in [5.41, 5.74) is 1.54. The molecule has 0 spiro atoms. The molecule has 0 aliphatic rings. The molecule has 0 aromatic heterocycles. The molecule has 3 aromatic rings. The van der Waals surface area contributed by atoms with E-state index in [1.54, 1.807) is 43.5 Å². The maximum absolute atomic E-state index is 12.6. The van der Waals surface area contributed by atoms with Crippen molar-refractivity contribution in [3.05, 3.63) is 66.2 Å². The molecule has 118 valence electrons. The van der Waals surface area contributed by atoms with Crippen molar-refractivity contribution in [3.8, 4) is 5.75 Å². The van der Waals surface area contributed by atoms with Gasteiger partial charge < -0.3 is 4.74 Å². The first-order valence-corrected chi connectivity index (χ1v) is 8.65. The SMILES string of the molecule is COc1cccc2c(NS(=O)(=O)c3ccc(C)cc3)cccc12.